The van der Waals surface area contributed by atoms with Crippen LogP contribution in [0.15, 0.2) is 12.3 Å². The van der Waals surface area contributed by atoms with Crippen LogP contribution in [0.2, 0.25) is 0 Å². The molecule has 188 valence electrons. The maximum Gasteiger partial charge on any atom is 0.495 e. The second-order valence-electron chi connectivity index (χ2n) is 10.5. The minimum absolute atomic E-state index is 0.124. The summed E-state index contributed by atoms with van der Waals surface area (Å²) in [5.41, 5.74) is 2.32. The zero-order valence-electron chi connectivity index (χ0n) is 21.4. The number of benzene rings is 1. The van der Waals surface area contributed by atoms with Crippen LogP contribution in [0.5, 0.6) is 0 Å². The fourth-order valence-electron chi connectivity index (χ4n) is 4.87. The van der Waals surface area contributed by atoms with Crippen LogP contribution < -0.4 is 5.46 Å². The molecule has 2 fully saturated rings. The topological polar surface area (TPSA) is 88.9 Å². The molecule has 2 aliphatic heterocycles. The van der Waals surface area contributed by atoms with Gasteiger partial charge in [-0.25, -0.2) is 4.68 Å². The first-order chi connectivity index (χ1) is 15.8. The molecular formula is C24H37BN2O6S. The predicted molar refractivity (Wildman–Crippen MR) is 133 cm³/mol. The second kappa shape index (κ2) is 9.20. The van der Waals surface area contributed by atoms with Crippen LogP contribution in [0, 0.1) is 6.92 Å². The van der Waals surface area contributed by atoms with Gasteiger partial charge in [0.1, 0.15) is 6.10 Å². The first-order valence-electron chi connectivity index (χ1n) is 12.2. The summed E-state index contributed by atoms with van der Waals surface area (Å²) in [6.07, 6.45) is 6.50. The van der Waals surface area contributed by atoms with Gasteiger partial charge in [-0.1, -0.05) is 13.3 Å². The molecule has 0 spiro atoms. The van der Waals surface area contributed by atoms with E-state index in [2.05, 4.69) is 6.07 Å². The third-order valence-electron chi connectivity index (χ3n) is 7.27. The Labute approximate surface area is 203 Å². The second-order valence-corrected chi connectivity index (χ2v) is 12.1. The lowest BCUT2D eigenvalue weighted by Gasteiger charge is -2.32. The van der Waals surface area contributed by atoms with Crippen molar-refractivity contribution in [2.45, 2.75) is 97.2 Å². The van der Waals surface area contributed by atoms with Crippen LogP contribution in [0.3, 0.4) is 0 Å². The molecule has 34 heavy (non-hydrogen) atoms. The zero-order valence-corrected chi connectivity index (χ0v) is 22.2. The first-order valence-corrected chi connectivity index (χ1v) is 14.0. The van der Waals surface area contributed by atoms with Gasteiger partial charge in [-0.3, -0.25) is 4.18 Å². The van der Waals surface area contributed by atoms with Crippen LogP contribution in [0.4, 0.5) is 0 Å². The van der Waals surface area contributed by atoms with E-state index >= 15 is 0 Å². The van der Waals surface area contributed by atoms with Crippen LogP contribution in [-0.4, -0.2) is 49.4 Å². The Bertz CT molecular complexity index is 1140. The lowest BCUT2D eigenvalue weighted by atomic mass is 9.71. The van der Waals surface area contributed by atoms with E-state index in [0.29, 0.717) is 13.0 Å². The van der Waals surface area contributed by atoms with Crippen LogP contribution in [0.25, 0.3) is 10.9 Å². The number of hydrogen-bond acceptors (Lipinski definition) is 7. The van der Waals surface area contributed by atoms with Crippen molar-refractivity contribution in [3.8, 4) is 0 Å². The van der Waals surface area contributed by atoms with Crippen molar-refractivity contribution in [1.82, 2.24) is 9.78 Å². The molecule has 0 N–H and O–H groups in total. The summed E-state index contributed by atoms with van der Waals surface area (Å²) in [4.78, 5) is 0. The van der Waals surface area contributed by atoms with E-state index in [9.17, 15) is 8.42 Å². The fourth-order valence-corrected chi connectivity index (χ4v) is 5.48. The third kappa shape index (κ3) is 4.80. The molecule has 2 aromatic rings. The summed E-state index contributed by atoms with van der Waals surface area (Å²) in [5, 5.41) is 5.57. The van der Waals surface area contributed by atoms with Gasteiger partial charge in [0.15, 0.2) is 6.23 Å². The van der Waals surface area contributed by atoms with Crippen LogP contribution in [-0.2, 0) is 28.3 Å². The van der Waals surface area contributed by atoms with E-state index in [0.717, 1.165) is 59.4 Å². The van der Waals surface area contributed by atoms with E-state index in [1.165, 1.54) is 0 Å². The number of ether oxygens (including phenoxy) is 1. The SMILES string of the molecule is CCCC(OS(C)(=O)=O)c1c(C)cc2c(cnn2C2CCCCO2)c1B1OC(C)(C)C(C)(C)O1. The number of aromatic nitrogens is 2. The van der Waals surface area contributed by atoms with Crippen molar-refractivity contribution >= 4 is 33.6 Å². The Hall–Kier alpha value is -1.46. The van der Waals surface area contributed by atoms with Gasteiger partial charge in [0.25, 0.3) is 10.1 Å². The van der Waals surface area contributed by atoms with Crippen molar-refractivity contribution in [2.75, 3.05) is 12.9 Å². The van der Waals surface area contributed by atoms with Gasteiger partial charge >= 0.3 is 7.12 Å². The van der Waals surface area contributed by atoms with Crippen molar-refractivity contribution in [3.05, 3.63) is 23.4 Å². The van der Waals surface area contributed by atoms with Crippen LogP contribution >= 0.6 is 0 Å². The normalized spacial score (nSPS) is 23.5. The number of nitrogens with zero attached hydrogens (tertiary/aromatic N) is 2. The Balaban J connectivity index is 1.93. The number of aryl methyl sites for hydroxylation is 1. The molecule has 0 radical (unpaired) electrons. The smallest absolute Gasteiger partial charge is 0.399 e. The molecule has 2 atom stereocenters. The molecule has 0 amide bonds. The van der Waals surface area contributed by atoms with Gasteiger partial charge in [-0.05, 0) is 83.0 Å². The lowest BCUT2D eigenvalue weighted by Crippen LogP contribution is -2.41. The molecular weight excluding hydrogens is 455 g/mol. The van der Waals surface area contributed by atoms with E-state index < -0.39 is 34.5 Å². The standard InChI is InChI=1S/C24H37BN2O6S/c1-8-11-19(31-34(7,28)29)21-16(2)14-18-17(15-26-27(18)20-12-9-10-13-30-20)22(21)25-32-23(3,4)24(5,6)33-25/h14-15,19-20H,8-13H2,1-7H3. The Morgan fingerprint density at radius 1 is 1.24 bits per heavy atom. The maximum absolute atomic E-state index is 12.2. The molecule has 2 saturated heterocycles. The number of fused-ring (bicyclic) bond motifs is 1. The summed E-state index contributed by atoms with van der Waals surface area (Å²) in [5.74, 6) is 0. The Morgan fingerprint density at radius 3 is 2.47 bits per heavy atom. The summed E-state index contributed by atoms with van der Waals surface area (Å²) in [7, 11) is -4.37. The highest BCUT2D eigenvalue weighted by molar-refractivity contribution is 7.86. The monoisotopic (exact) mass is 492 g/mol. The van der Waals surface area contributed by atoms with E-state index in [1.807, 2.05) is 52.4 Å². The molecule has 0 saturated carbocycles. The zero-order chi connectivity index (χ0) is 24.9. The molecule has 4 rings (SSSR count). The molecule has 8 nitrogen and oxygen atoms in total. The van der Waals surface area contributed by atoms with Crippen molar-refractivity contribution in [2.24, 2.45) is 0 Å². The molecule has 2 unspecified atom stereocenters. The summed E-state index contributed by atoms with van der Waals surface area (Å²) in [6.45, 7) is 12.8. The van der Waals surface area contributed by atoms with Gasteiger partial charge < -0.3 is 14.0 Å². The molecule has 0 bridgehead atoms. The summed E-state index contributed by atoms with van der Waals surface area (Å²) in [6, 6.07) is 2.05. The molecule has 10 heteroatoms. The fraction of sp³-hybridized carbons (Fsp3) is 0.708. The number of hydrogen-bond donors (Lipinski definition) is 0. The molecule has 1 aromatic heterocycles. The first kappa shape index (κ1) is 25.6. The van der Waals surface area contributed by atoms with Crippen molar-refractivity contribution < 1.29 is 26.6 Å². The number of rotatable bonds is 7. The van der Waals surface area contributed by atoms with Crippen molar-refractivity contribution in [1.29, 1.82) is 0 Å². The lowest BCUT2D eigenvalue weighted by molar-refractivity contribution is -0.0366. The summed E-state index contributed by atoms with van der Waals surface area (Å²) < 4.78 is 50.9. The van der Waals surface area contributed by atoms with Gasteiger partial charge in [0, 0.05) is 12.0 Å². The van der Waals surface area contributed by atoms with Gasteiger partial charge in [0.2, 0.25) is 0 Å². The van der Waals surface area contributed by atoms with E-state index in [1.54, 1.807) is 0 Å². The molecule has 2 aliphatic rings. The van der Waals surface area contributed by atoms with E-state index in [4.69, 9.17) is 23.3 Å². The molecule has 3 heterocycles. The van der Waals surface area contributed by atoms with Crippen molar-refractivity contribution in [3.63, 3.8) is 0 Å². The average molecular weight is 492 g/mol. The highest BCUT2D eigenvalue weighted by Gasteiger charge is 2.53. The molecule has 0 aliphatic carbocycles. The third-order valence-corrected chi connectivity index (χ3v) is 7.86. The average Bonchev–Trinajstić information content (AvgIpc) is 3.23. The Morgan fingerprint density at radius 2 is 1.91 bits per heavy atom. The van der Waals surface area contributed by atoms with Gasteiger partial charge in [-0.15, -0.1) is 0 Å². The Kier molecular flexibility index (Phi) is 6.94. The highest BCUT2D eigenvalue weighted by Crippen LogP contribution is 2.39. The highest BCUT2D eigenvalue weighted by atomic mass is 32.2. The minimum atomic E-state index is -3.68. The predicted octanol–water partition coefficient (Wildman–Crippen LogP) is 4.16. The minimum Gasteiger partial charge on any atom is -0.399 e. The van der Waals surface area contributed by atoms with Crippen LogP contribution in [0.1, 0.15) is 90.2 Å². The van der Waals surface area contributed by atoms with Gasteiger partial charge in [-0.2, -0.15) is 13.5 Å². The van der Waals surface area contributed by atoms with E-state index in [-0.39, 0.29) is 6.23 Å². The largest absolute Gasteiger partial charge is 0.495 e. The molecule has 1 aromatic carbocycles. The maximum atomic E-state index is 12.2. The summed E-state index contributed by atoms with van der Waals surface area (Å²) >= 11 is 0. The quantitative estimate of drug-likeness (QED) is 0.424. The van der Waals surface area contributed by atoms with Gasteiger partial charge in [0.05, 0.1) is 29.2 Å².